The van der Waals surface area contributed by atoms with Crippen molar-refractivity contribution in [1.29, 1.82) is 0 Å². The summed E-state index contributed by atoms with van der Waals surface area (Å²) in [6.07, 6.45) is 2.10. The minimum Gasteiger partial charge on any atom is -0.508 e. The highest BCUT2D eigenvalue weighted by molar-refractivity contribution is 5.95. The van der Waals surface area contributed by atoms with Crippen molar-refractivity contribution in [1.82, 2.24) is 5.32 Å². The molecule has 0 bridgehead atoms. The average molecular weight is 191 g/mol. The summed E-state index contributed by atoms with van der Waals surface area (Å²) in [6.45, 7) is 2.03. The molecule has 0 atom stereocenters. The summed E-state index contributed by atoms with van der Waals surface area (Å²) in [5, 5.41) is 12.0. The van der Waals surface area contributed by atoms with E-state index in [1.165, 1.54) is 12.1 Å². The number of aromatic hydroxyl groups is 1. The highest BCUT2D eigenvalue weighted by atomic mass is 16.3. The third-order valence-corrected chi connectivity index (χ3v) is 2.54. The van der Waals surface area contributed by atoms with Crippen LogP contribution in [0.1, 0.15) is 30.1 Å². The maximum Gasteiger partial charge on any atom is 0.251 e. The van der Waals surface area contributed by atoms with E-state index in [1.54, 1.807) is 12.1 Å². The third kappa shape index (κ3) is 1.87. The predicted molar refractivity (Wildman–Crippen MR) is 53.2 cm³/mol. The highest BCUT2D eigenvalue weighted by Gasteiger charge is 2.38. The quantitative estimate of drug-likeness (QED) is 0.747. The van der Waals surface area contributed by atoms with Gasteiger partial charge in [-0.05, 0) is 44.0 Å². The van der Waals surface area contributed by atoms with Crippen LogP contribution >= 0.6 is 0 Å². The zero-order valence-electron chi connectivity index (χ0n) is 8.08. The number of nitrogens with one attached hydrogen (secondary N) is 1. The summed E-state index contributed by atoms with van der Waals surface area (Å²) >= 11 is 0. The van der Waals surface area contributed by atoms with Crippen molar-refractivity contribution in [3.8, 4) is 5.75 Å². The molecule has 0 spiro atoms. The van der Waals surface area contributed by atoms with Gasteiger partial charge in [0.1, 0.15) is 5.75 Å². The van der Waals surface area contributed by atoms with Gasteiger partial charge in [-0.2, -0.15) is 0 Å². The van der Waals surface area contributed by atoms with Crippen molar-refractivity contribution < 1.29 is 9.90 Å². The summed E-state index contributed by atoms with van der Waals surface area (Å²) < 4.78 is 0. The van der Waals surface area contributed by atoms with Crippen LogP contribution in [-0.4, -0.2) is 16.6 Å². The molecule has 3 nitrogen and oxygen atoms in total. The fourth-order valence-corrected chi connectivity index (χ4v) is 1.27. The lowest BCUT2D eigenvalue weighted by molar-refractivity contribution is 0.0935. The molecule has 0 aromatic heterocycles. The minimum atomic E-state index is -0.0648. The summed E-state index contributed by atoms with van der Waals surface area (Å²) in [4.78, 5) is 11.6. The second-order valence-electron chi connectivity index (χ2n) is 4.06. The van der Waals surface area contributed by atoms with Gasteiger partial charge >= 0.3 is 0 Å². The molecule has 3 heteroatoms. The van der Waals surface area contributed by atoms with Crippen LogP contribution in [0.3, 0.4) is 0 Å². The van der Waals surface area contributed by atoms with E-state index in [-0.39, 0.29) is 17.2 Å². The van der Waals surface area contributed by atoms with Crippen LogP contribution in [0.5, 0.6) is 5.75 Å². The molecule has 1 aliphatic rings. The lowest BCUT2D eigenvalue weighted by Crippen LogP contribution is -2.34. The molecule has 2 N–H and O–H groups in total. The molecule has 0 radical (unpaired) electrons. The Kier molecular flexibility index (Phi) is 1.95. The lowest BCUT2D eigenvalue weighted by atomic mass is 10.2. The molecular weight excluding hydrogens is 178 g/mol. The van der Waals surface area contributed by atoms with Crippen molar-refractivity contribution >= 4 is 5.91 Å². The Hall–Kier alpha value is -1.51. The standard InChI is InChI=1S/C11H13NO2/c1-11(6-7-11)12-10(14)8-2-4-9(13)5-3-8/h2-5,13H,6-7H2,1H3,(H,12,14). The van der Waals surface area contributed by atoms with Gasteiger partial charge in [-0.15, -0.1) is 0 Å². The maximum atomic E-state index is 11.6. The molecule has 0 heterocycles. The van der Waals surface area contributed by atoms with Gasteiger partial charge in [0, 0.05) is 11.1 Å². The summed E-state index contributed by atoms with van der Waals surface area (Å²) in [5.74, 6) is 0.115. The first-order valence-electron chi connectivity index (χ1n) is 4.71. The molecular formula is C11H13NO2. The first-order chi connectivity index (χ1) is 6.59. The van der Waals surface area contributed by atoms with Crippen molar-refractivity contribution in [2.45, 2.75) is 25.3 Å². The molecule has 14 heavy (non-hydrogen) atoms. The Labute approximate surface area is 82.8 Å². The van der Waals surface area contributed by atoms with Crippen LogP contribution in [0.15, 0.2) is 24.3 Å². The van der Waals surface area contributed by atoms with Gasteiger partial charge in [0.25, 0.3) is 5.91 Å². The number of hydrogen-bond acceptors (Lipinski definition) is 2. The number of amides is 1. The number of phenolic OH excluding ortho intramolecular Hbond substituents is 1. The lowest BCUT2D eigenvalue weighted by Gasteiger charge is -2.10. The normalized spacial score (nSPS) is 17.5. The topological polar surface area (TPSA) is 49.3 Å². The second-order valence-corrected chi connectivity index (χ2v) is 4.06. The largest absolute Gasteiger partial charge is 0.508 e. The van der Waals surface area contributed by atoms with Crippen LogP contribution in [0.4, 0.5) is 0 Å². The van der Waals surface area contributed by atoms with Crippen LogP contribution in [0.25, 0.3) is 0 Å². The SMILES string of the molecule is CC1(NC(=O)c2ccc(O)cc2)CC1. The first kappa shape index (κ1) is 9.06. The highest BCUT2D eigenvalue weighted by Crippen LogP contribution is 2.34. The molecule has 1 fully saturated rings. The molecule has 0 aliphatic heterocycles. The van der Waals surface area contributed by atoms with Gasteiger partial charge in [0.05, 0.1) is 0 Å². The van der Waals surface area contributed by atoms with Gasteiger partial charge in [0.2, 0.25) is 0 Å². The molecule has 1 aromatic carbocycles. The Balaban J connectivity index is 2.07. The molecule has 0 saturated heterocycles. The van der Waals surface area contributed by atoms with E-state index in [2.05, 4.69) is 5.32 Å². The number of benzene rings is 1. The predicted octanol–water partition coefficient (Wildman–Crippen LogP) is 1.67. The van der Waals surface area contributed by atoms with E-state index in [0.717, 1.165) is 12.8 Å². The number of carbonyl (C=O) groups is 1. The maximum absolute atomic E-state index is 11.6. The van der Waals surface area contributed by atoms with Crippen molar-refractivity contribution in [3.05, 3.63) is 29.8 Å². The van der Waals surface area contributed by atoms with Crippen molar-refractivity contribution in [2.75, 3.05) is 0 Å². The molecule has 1 aromatic rings. The number of hydrogen-bond donors (Lipinski definition) is 2. The minimum absolute atomic E-state index is 0.00890. The Bertz CT molecular complexity index is 352. The first-order valence-corrected chi connectivity index (χ1v) is 4.71. The summed E-state index contributed by atoms with van der Waals surface area (Å²) in [6, 6.07) is 6.28. The number of carbonyl (C=O) groups excluding carboxylic acids is 1. The Morgan fingerprint density at radius 3 is 2.43 bits per heavy atom. The molecule has 0 unspecified atom stereocenters. The smallest absolute Gasteiger partial charge is 0.251 e. The van der Waals surface area contributed by atoms with E-state index in [4.69, 9.17) is 5.11 Å². The van der Waals surface area contributed by atoms with Crippen LogP contribution in [-0.2, 0) is 0 Å². The van der Waals surface area contributed by atoms with Crippen LogP contribution < -0.4 is 5.32 Å². The van der Waals surface area contributed by atoms with Gasteiger partial charge in [-0.3, -0.25) is 4.79 Å². The fourth-order valence-electron chi connectivity index (χ4n) is 1.27. The van der Waals surface area contributed by atoms with E-state index < -0.39 is 0 Å². The Morgan fingerprint density at radius 1 is 1.36 bits per heavy atom. The summed E-state index contributed by atoms with van der Waals surface area (Å²) in [5.41, 5.74) is 0.602. The van der Waals surface area contributed by atoms with E-state index in [1.807, 2.05) is 6.92 Å². The molecule has 1 amide bonds. The van der Waals surface area contributed by atoms with Gasteiger partial charge < -0.3 is 10.4 Å². The zero-order valence-corrected chi connectivity index (χ0v) is 8.08. The number of rotatable bonds is 2. The zero-order chi connectivity index (χ0) is 10.2. The van der Waals surface area contributed by atoms with Crippen molar-refractivity contribution in [3.63, 3.8) is 0 Å². The van der Waals surface area contributed by atoms with Gasteiger partial charge in [0.15, 0.2) is 0 Å². The van der Waals surface area contributed by atoms with Crippen molar-refractivity contribution in [2.24, 2.45) is 0 Å². The molecule has 1 saturated carbocycles. The monoisotopic (exact) mass is 191 g/mol. The van der Waals surface area contributed by atoms with E-state index in [0.29, 0.717) is 5.56 Å². The molecule has 1 aliphatic carbocycles. The summed E-state index contributed by atoms with van der Waals surface area (Å²) in [7, 11) is 0. The fraction of sp³-hybridized carbons (Fsp3) is 0.364. The average Bonchev–Trinajstić information content (AvgIpc) is 2.84. The van der Waals surface area contributed by atoms with E-state index >= 15 is 0 Å². The van der Waals surface area contributed by atoms with E-state index in [9.17, 15) is 4.79 Å². The second kappa shape index (κ2) is 3.01. The molecule has 74 valence electrons. The van der Waals surface area contributed by atoms with Gasteiger partial charge in [-0.1, -0.05) is 0 Å². The van der Waals surface area contributed by atoms with Gasteiger partial charge in [-0.25, -0.2) is 0 Å². The third-order valence-electron chi connectivity index (χ3n) is 2.54. The Morgan fingerprint density at radius 2 is 1.93 bits per heavy atom. The van der Waals surface area contributed by atoms with Crippen LogP contribution in [0.2, 0.25) is 0 Å². The van der Waals surface area contributed by atoms with Crippen LogP contribution in [0, 0.1) is 0 Å². The molecule has 2 rings (SSSR count). The number of phenols is 1.